The zero-order valence-corrected chi connectivity index (χ0v) is 13.4. The third-order valence-electron chi connectivity index (χ3n) is 2.63. The van der Waals surface area contributed by atoms with Crippen molar-refractivity contribution < 1.29 is 9.13 Å². The van der Waals surface area contributed by atoms with Crippen LogP contribution in [0.2, 0.25) is 0 Å². The Morgan fingerprint density at radius 1 is 1.33 bits per heavy atom. The molecule has 3 N–H and O–H groups in total. The molecule has 0 amide bonds. The summed E-state index contributed by atoms with van der Waals surface area (Å²) >= 11 is 3.30. The Bertz CT molecular complexity index is 634. The van der Waals surface area contributed by atoms with E-state index in [0.29, 0.717) is 35.6 Å². The Kier molecular flexibility index (Phi) is 5.01. The molecule has 1 aromatic heterocycles. The molecule has 21 heavy (non-hydrogen) atoms. The Hall–Kier alpha value is -1.82. The van der Waals surface area contributed by atoms with Crippen LogP contribution >= 0.6 is 15.9 Å². The maximum atomic E-state index is 13.7. The average Bonchev–Trinajstić information content (AvgIpc) is 2.43. The number of halogens is 2. The zero-order valence-electron chi connectivity index (χ0n) is 11.9. The van der Waals surface area contributed by atoms with Crippen LogP contribution in [0.25, 0.3) is 0 Å². The Labute approximate surface area is 131 Å². The van der Waals surface area contributed by atoms with Gasteiger partial charge in [0.05, 0.1) is 18.0 Å². The Morgan fingerprint density at radius 3 is 2.81 bits per heavy atom. The number of nitrogens with one attached hydrogen (secondary N) is 1. The second-order valence-corrected chi connectivity index (χ2v) is 5.96. The number of nitrogens with two attached hydrogens (primary N) is 1. The third kappa shape index (κ3) is 4.32. The minimum atomic E-state index is -0.360. The molecular weight excluding hydrogens is 337 g/mol. The van der Waals surface area contributed by atoms with Gasteiger partial charge in [-0.25, -0.2) is 4.39 Å². The highest BCUT2D eigenvalue weighted by Gasteiger charge is 2.08. The highest BCUT2D eigenvalue weighted by molar-refractivity contribution is 9.10. The monoisotopic (exact) mass is 353 g/mol. The summed E-state index contributed by atoms with van der Waals surface area (Å²) in [5, 5.41) is 2.92. The van der Waals surface area contributed by atoms with Crippen LogP contribution in [0.5, 0.6) is 5.88 Å². The molecular formula is C15H17BrFN3O. The van der Waals surface area contributed by atoms with Crippen LogP contribution < -0.4 is 15.8 Å². The van der Waals surface area contributed by atoms with Crippen LogP contribution in [-0.2, 0) is 0 Å². The van der Waals surface area contributed by atoms with Crippen molar-refractivity contribution >= 4 is 33.1 Å². The number of ether oxygens (including phenoxy) is 1. The van der Waals surface area contributed by atoms with Crippen LogP contribution in [0, 0.1) is 11.7 Å². The predicted octanol–water partition coefficient (Wildman–Crippen LogP) is 4.34. The topological polar surface area (TPSA) is 60.2 Å². The third-order valence-corrected chi connectivity index (χ3v) is 3.13. The molecule has 0 saturated carbocycles. The Balaban J connectivity index is 2.20. The second-order valence-electron chi connectivity index (χ2n) is 5.04. The molecule has 1 heterocycles. The molecule has 0 aliphatic rings. The lowest BCUT2D eigenvalue weighted by Gasteiger charge is -2.12. The van der Waals surface area contributed by atoms with Crippen molar-refractivity contribution in [1.82, 2.24) is 4.98 Å². The molecule has 0 radical (unpaired) electrons. The van der Waals surface area contributed by atoms with E-state index < -0.39 is 0 Å². The lowest BCUT2D eigenvalue weighted by atomic mass is 10.2. The molecule has 0 aliphatic carbocycles. The van der Waals surface area contributed by atoms with E-state index in [-0.39, 0.29) is 5.82 Å². The summed E-state index contributed by atoms with van der Waals surface area (Å²) in [6, 6.07) is 8.01. The van der Waals surface area contributed by atoms with Crippen molar-refractivity contribution in [2.75, 3.05) is 17.7 Å². The largest absolute Gasteiger partial charge is 0.476 e. The summed E-state index contributed by atoms with van der Waals surface area (Å²) in [5.74, 6) is 0.830. The molecule has 112 valence electrons. The summed E-state index contributed by atoms with van der Waals surface area (Å²) in [5.41, 5.74) is 6.61. The molecule has 0 unspecified atom stereocenters. The first-order valence-corrected chi connectivity index (χ1v) is 7.36. The molecule has 0 fully saturated rings. The zero-order chi connectivity index (χ0) is 15.4. The van der Waals surface area contributed by atoms with E-state index in [4.69, 9.17) is 10.5 Å². The first-order chi connectivity index (χ1) is 9.95. The van der Waals surface area contributed by atoms with E-state index in [0.717, 1.165) is 4.47 Å². The molecule has 2 rings (SSSR count). The molecule has 0 aliphatic heterocycles. The number of hydrogen-bond acceptors (Lipinski definition) is 4. The lowest BCUT2D eigenvalue weighted by molar-refractivity contribution is 0.263. The van der Waals surface area contributed by atoms with Gasteiger partial charge in [0, 0.05) is 4.47 Å². The highest BCUT2D eigenvalue weighted by Crippen LogP contribution is 2.26. The van der Waals surface area contributed by atoms with Gasteiger partial charge in [-0.3, -0.25) is 0 Å². The van der Waals surface area contributed by atoms with Crippen LogP contribution in [0.4, 0.5) is 21.6 Å². The van der Waals surface area contributed by atoms with E-state index in [2.05, 4.69) is 26.2 Å². The van der Waals surface area contributed by atoms with Crippen molar-refractivity contribution in [3.05, 3.63) is 40.6 Å². The maximum Gasteiger partial charge on any atom is 0.239 e. The number of nitrogen functional groups attached to an aromatic ring is 1. The van der Waals surface area contributed by atoms with Crippen molar-refractivity contribution in [2.24, 2.45) is 5.92 Å². The van der Waals surface area contributed by atoms with E-state index in [1.807, 2.05) is 13.8 Å². The van der Waals surface area contributed by atoms with Gasteiger partial charge in [0.15, 0.2) is 0 Å². The molecule has 0 spiro atoms. The van der Waals surface area contributed by atoms with Gasteiger partial charge in [0.1, 0.15) is 11.6 Å². The maximum absolute atomic E-state index is 13.7. The average molecular weight is 354 g/mol. The number of rotatable bonds is 5. The van der Waals surface area contributed by atoms with Gasteiger partial charge in [-0.1, -0.05) is 29.8 Å². The molecule has 0 bridgehead atoms. The molecule has 0 atom stereocenters. The summed E-state index contributed by atoms with van der Waals surface area (Å²) < 4.78 is 20.0. The predicted molar refractivity (Wildman–Crippen MR) is 86.4 cm³/mol. The number of nitrogens with zero attached hydrogens (tertiary/aromatic N) is 1. The summed E-state index contributed by atoms with van der Waals surface area (Å²) in [4.78, 5) is 4.27. The van der Waals surface area contributed by atoms with E-state index in [1.54, 1.807) is 24.3 Å². The SMILES string of the molecule is CC(C)COc1nc(Nc2cc(Br)ccc2F)ccc1N. The van der Waals surface area contributed by atoms with Gasteiger partial charge in [-0.2, -0.15) is 4.98 Å². The highest BCUT2D eigenvalue weighted by atomic mass is 79.9. The smallest absolute Gasteiger partial charge is 0.239 e. The lowest BCUT2D eigenvalue weighted by Crippen LogP contribution is -2.08. The van der Waals surface area contributed by atoms with Crippen LogP contribution in [0.3, 0.4) is 0 Å². The molecule has 4 nitrogen and oxygen atoms in total. The second kappa shape index (κ2) is 6.76. The molecule has 0 saturated heterocycles. The first-order valence-electron chi connectivity index (χ1n) is 6.57. The minimum absolute atomic E-state index is 0.330. The Morgan fingerprint density at radius 2 is 2.10 bits per heavy atom. The van der Waals surface area contributed by atoms with E-state index in [1.165, 1.54) is 6.07 Å². The minimum Gasteiger partial charge on any atom is -0.476 e. The number of pyridine rings is 1. The number of anilines is 3. The van der Waals surface area contributed by atoms with Crippen molar-refractivity contribution in [3.63, 3.8) is 0 Å². The van der Waals surface area contributed by atoms with Gasteiger partial charge in [-0.05, 0) is 36.2 Å². The summed E-state index contributed by atoms with van der Waals surface area (Å²) in [6.07, 6.45) is 0. The molecule has 6 heteroatoms. The van der Waals surface area contributed by atoms with Gasteiger partial charge in [0.2, 0.25) is 5.88 Å². The van der Waals surface area contributed by atoms with Gasteiger partial charge < -0.3 is 15.8 Å². The normalized spacial score (nSPS) is 10.7. The first kappa shape index (κ1) is 15.6. The summed E-state index contributed by atoms with van der Waals surface area (Å²) in [7, 11) is 0. The van der Waals surface area contributed by atoms with Crippen LogP contribution in [-0.4, -0.2) is 11.6 Å². The van der Waals surface area contributed by atoms with Crippen molar-refractivity contribution in [1.29, 1.82) is 0 Å². The van der Waals surface area contributed by atoms with E-state index in [9.17, 15) is 4.39 Å². The number of benzene rings is 1. The molecule has 1 aromatic carbocycles. The van der Waals surface area contributed by atoms with Gasteiger partial charge >= 0.3 is 0 Å². The number of aromatic nitrogens is 1. The fourth-order valence-electron chi connectivity index (χ4n) is 1.61. The van der Waals surface area contributed by atoms with Gasteiger partial charge in [0.25, 0.3) is 0 Å². The standard InChI is InChI=1S/C15H17BrFN3O/c1-9(2)8-21-15-12(18)5-6-14(20-15)19-13-7-10(16)3-4-11(13)17/h3-7,9H,8,18H2,1-2H3,(H,19,20). The summed E-state index contributed by atoms with van der Waals surface area (Å²) in [6.45, 7) is 4.59. The van der Waals surface area contributed by atoms with Crippen LogP contribution in [0.1, 0.15) is 13.8 Å². The molecule has 2 aromatic rings. The van der Waals surface area contributed by atoms with Crippen molar-refractivity contribution in [2.45, 2.75) is 13.8 Å². The fraction of sp³-hybridized carbons (Fsp3) is 0.267. The van der Waals surface area contributed by atoms with Crippen molar-refractivity contribution in [3.8, 4) is 5.88 Å². The van der Waals surface area contributed by atoms with E-state index >= 15 is 0 Å². The fourth-order valence-corrected chi connectivity index (χ4v) is 1.97. The van der Waals surface area contributed by atoms with Gasteiger partial charge in [-0.15, -0.1) is 0 Å². The quantitative estimate of drug-likeness (QED) is 0.838. The van der Waals surface area contributed by atoms with Crippen LogP contribution in [0.15, 0.2) is 34.8 Å². The number of hydrogen-bond donors (Lipinski definition) is 2.